The zero-order chi connectivity index (χ0) is 8.06. The molecule has 0 bridgehead atoms. The summed E-state index contributed by atoms with van der Waals surface area (Å²) >= 11 is 0. The van der Waals surface area contributed by atoms with Crippen molar-refractivity contribution in [3.8, 4) is 0 Å². The van der Waals surface area contributed by atoms with E-state index in [1.165, 1.54) is 6.42 Å². The SMILES string of the molecule is CC1CC12C[C@H](O)C[C@H](O)C2. The summed E-state index contributed by atoms with van der Waals surface area (Å²) in [4.78, 5) is 0. The minimum Gasteiger partial charge on any atom is -0.393 e. The third kappa shape index (κ3) is 1.18. The van der Waals surface area contributed by atoms with Gasteiger partial charge in [0.2, 0.25) is 0 Å². The highest BCUT2D eigenvalue weighted by molar-refractivity contribution is 5.04. The summed E-state index contributed by atoms with van der Waals surface area (Å²) in [7, 11) is 0. The van der Waals surface area contributed by atoms with Crippen molar-refractivity contribution in [1.82, 2.24) is 0 Å². The number of rotatable bonds is 0. The highest BCUT2D eigenvalue weighted by atomic mass is 16.3. The van der Waals surface area contributed by atoms with E-state index in [9.17, 15) is 10.2 Å². The van der Waals surface area contributed by atoms with Gasteiger partial charge in [-0.3, -0.25) is 0 Å². The van der Waals surface area contributed by atoms with Crippen LogP contribution in [0, 0.1) is 11.3 Å². The van der Waals surface area contributed by atoms with E-state index < -0.39 is 0 Å². The third-order valence-electron chi connectivity index (χ3n) is 3.43. The summed E-state index contributed by atoms with van der Waals surface area (Å²) in [5, 5.41) is 18.8. The van der Waals surface area contributed by atoms with Gasteiger partial charge in [-0.2, -0.15) is 0 Å². The molecule has 2 saturated carbocycles. The van der Waals surface area contributed by atoms with Crippen LogP contribution >= 0.6 is 0 Å². The standard InChI is InChI=1S/C9H16O2/c1-6-3-9(6)4-7(10)2-8(11)5-9/h6-8,10-11H,2-5H2,1H3/t6?,7-,8+,9?. The van der Waals surface area contributed by atoms with Crippen LogP contribution in [0.25, 0.3) is 0 Å². The molecule has 1 spiro atoms. The van der Waals surface area contributed by atoms with Crippen molar-refractivity contribution in [3.63, 3.8) is 0 Å². The summed E-state index contributed by atoms with van der Waals surface area (Å²) in [5.41, 5.74) is 0.330. The predicted octanol–water partition coefficient (Wildman–Crippen LogP) is 0.918. The van der Waals surface area contributed by atoms with Crippen molar-refractivity contribution in [1.29, 1.82) is 0 Å². The molecule has 0 heterocycles. The molecular weight excluding hydrogens is 140 g/mol. The molecule has 0 saturated heterocycles. The Morgan fingerprint density at radius 2 is 1.55 bits per heavy atom. The topological polar surface area (TPSA) is 40.5 Å². The van der Waals surface area contributed by atoms with Crippen molar-refractivity contribution >= 4 is 0 Å². The van der Waals surface area contributed by atoms with Crippen LogP contribution in [0.15, 0.2) is 0 Å². The van der Waals surface area contributed by atoms with Gasteiger partial charge in [0.15, 0.2) is 0 Å². The maximum atomic E-state index is 9.41. The molecule has 2 fully saturated rings. The molecule has 0 radical (unpaired) electrons. The lowest BCUT2D eigenvalue weighted by Crippen LogP contribution is -2.31. The van der Waals surface area contributed by atoms with Gasteiger partial charge >= 0.3 is 0 Å². The summed E-state index contributed by atoms with van der Waals surface area (Å²) in [6.07, 6.45) is 3.15. The lowest BCUT2D eigenvalue weighted by molar-refractivity contribution is 0.00256. The first-order valence-electron chi connectivity index (χ1n) is 4.48. The molecular formula is C9H16O2. The average molecular weight is 156 g/mol. The second kappa shape index (κ2) is 2.20. The minimum absolute atomic E-state index is 0.247. The molecule has 2 heteroatoms. The maximum absolute atomic E-state index is 9.41. The largest absolute Gasteiger partial charge is 0.393 e. The fraction of sp³-hybridized carbons (Fsp3) is 1.00. The number of hydrogen-bond acceptors (Lipinski definition) is 2. The van der Waals surface area contributed by atoms with Crippen molar-refractivity contribution < 1.29 is 10.2 Å². The van der Waals surface area contributed by atoms with Gasteiger partial charge in [-0.15, -0.1) is 0 Å². The Labute approximate surface area is 67.2 Å². The highest BCUT2D eigenvalue weighted by Gasteiger charge is 2.54. The molecule has 2 rings (SSSR count). The van der Waals surface area contributed by atoms with Crippen molar-refractivity contribution in [2.75, 3.05) is 0 Å². The fourth-order valence-electron chi connectivity index (χ4n) is 2.62. The molecule has 2 aliphatic carbocycles. The van der Waals surface area contributed by atoms with Crippen LogP contribution in [-0.2, 0) is 0 Å². The van der Waals surface area contributed by atoms with Gasteiger partial charge in [-0.1, -0.05) is 6.92 Å². The first kappa shape index (κ1) is 7.56. The second-order valence-electron chi connectivity index (χ2n) is 4.42. The normalized spacial score (nSPS) is 56.5. The van der Waals surface area contributed by atoms with E-state index in [4.69, 9.17) is 0 Å². The van der Waals surface area contributed by atoms with E-state index >= 15 is 0 Å². The molecule has 64 valence electrons. The molecule has 0 aromatic carbocycles. The van der Waals surface area contributed by atoms with E-state index in [1.54, 1.807) is 0 Å². The highest BCUT2D eigenvalue weighted by Crippen LogP contribution is 2.60. The predicted molar refractivity (Wildman–Crippen MR) is 42.1 cm³/mol. The van der Waals surface area contributed by atoms with Crippen LogP contribution in [-0.4, -0.2) is 22.4 Å². The molecule has 2 aliphatic rings. The first-order valence-corrected chi connectivity index (χ1v) is 4.48. The Morgan fingerprint density at radius 1 is 1.09 bits per heavy atom. The van der Waals surface area contributed by atoms with E-state index in [1.807, 2.05) is 0 Å². The van der Waals surface area contributed by atoms with E-state index in [2.05, 4.69) is 6.92 Å². The third-order valence-corrected chi connectivity index (χ3v) is 3.43. The van der Waals surface area contributed by atoms with Crippen LogP contribution < -0.4 is 0 Å². The Balaban J connectivity index is 2.03. The Bertz CT molecular complexity index is 157. The maximum Gasteiger partial charge on any atom is 0.0570 e. The minimum atomic E-state index is -0.247. The van der Waals surface area contributed by atoms with Crippen LogP contribution in [0.4, 0.5) is 0 Å². The van der Waals surface area contributed by atoms with Crippen LogP contribution in [0.2, 0.25) is 0 Å². The van der Waals surface area contributed by atoms with Gasteiger partial charge < -0.3 is 10.2 Å². The number of aliphatic hydroxyl groups is 2. The van der Waals surface area contributed by atoms with Crippen molar-refractivity contribution in [2.24, 2.45) is 11.3 Å². The van der Waals surface area contributed by atoms with Crippen LogP contribution in [0.3, 0.4) is 0 Å². The van der Waals surface area contributed by atoms with Gasteiger partial charge in [-0.25, -0.2) is 0 Å². The Morgan fingerprint density at radius 3 is 1.91 bits per heavy atom. The van der Waals surface area contributed by atoms with Gasteiger partial charge in [0.05, 0.1) is 12.2 Å². The van der Waals surface area contributed by atoms with Crippen molar-refractivity contribution in [2.45, 2.75) is 44.8 Å². The molecule has 11 heavy (non-hydrogen) atoms. The van der Waals surface area contributed by atoms with E-state index in [0.29, 0.717) is 11.8 Å². The summed E-state index contributed by atoms with van der Waals surface area (Å²) in [6, 6.07) is 0. The molecule has 0 aromatic heterocycles. The summed E-state index contributed by atoms with van der Waals surface area (Å²) < 4.78 is 0. The van der Waals surface area contributed by atoms with E-state index in [-0.39, 0.29) is 12.2 Å². The van der Waals surface area contributed by atoms with Gasteiger partial charge in [-0.05, 0) is 37.0 Å². The van der Waals surface area contributed by atoms with Crippen LogP contribution in [0.1, 0.15) is 32.6 Å². The molecule has 2 nitrogen and oxygen atoms in total. The monoisotopic (exact) mass is 156 g/mol. The quantitative estimate of drug-likeness (QED) is 0.547. The lowest BCUT2D eigenvalue weighted by atomic mass is 9.81. The molecule has 0 aromatic rings. The van der Waals surface area contributed by atoms with Crippen LogP contribution in [0.5, 0.6) is 0 Å². The van der Waals surface area contributed by atoms with Crippen molar-refractivity contribution in [3.05, 3.63) is 0 Å². The average Bonchev–Trinajstić information content (AvgIpc) is 2.37. The summed E-state index contributed by atoms with van der Waals surface area (Å²) in [6.45, 7) is 2.21. The fourth-order valence-corrected chi connectivity index (χ4v) is 2.62. The molecule has 2 unspecified atom stereocenters. The zero-order valence-corrected chi connectivity index (χ0v) is 6.95. The Hall–Kier alpha value is -0.0800. The zero-order valence-electron chi connectivity index (χ0n) is 6.95. The molecule has 2 N–H and O–H groups in total. The Kier molecular flexibility index (Phi) is 1.52. The lowest BCUT2D eigenvalue weighted by Gasteiger charge is -2.30. The molecule has 0 amide bonds. The molecule has 0 aliphatic heterocycles. The summed E-state index contributed by atoms with van der Waals surface area (Å²) in [5.74, 6) is 0.729. The number of aliphatic hydroxyl groups excluding tert-OH is 2. The molecule has 4 atom stereocenters. The number of hydrogen-bond donors (Lipinski definition) is 2. The van der Waals surface area contributed by atoms with E-state index in [0.717, 1.165) is 18.8 Å². The first-order chi connectivity index (χ1) is 5.12. The smallest absolute Gasteiger partial charge is 0.0570 e. The second-order valence-corrected chi connectivity index (χ2v) is 4.42. The van der Waals surface area contributed by atoms with Gasteiger partial charge in [0.25, 0.3) is 0 Å². The van der Waals surface area contributed by atoms with Gasteiger partial charge in [0, 0.05) is 0 Å². The van der Waals surface area contributed by atoms with Gasteiger partial charge in [0.1, 0.15) is 0 Å².